The maximum absolute atomic E-state index is 5.65. The summed E-state index contributed by atoms with van der Waals surface area (Å²) in [5.41, 5.74) is 2.89. The molecule has 0 spiro atoms. The van der Waals surface area contributed by atoms with E-state index in [1.165, 1.54) is 44.1 Å². The van der Waals surface area contributed by atoms with Gasteiger partial charge in [-0.1, -0.05) is 37.3 Å². The Kier molecular flexibility index (Phi) is 6.35. The second-order valence-corrected chi connectivity index (χ2v) is 5.09. The van der Waals surface area contributed by atoms with Crippen molar-refractivity contribution in [1.29, 1.82) is 0 Å². The van der Waals surface area contributed by atoms with Gasteiger partial charge >= 0.3 is 0 Å². The summed E-state index contributed by atoms with van der Waals surface area (Å²) < 4.78 is 0. The summed E-state index contributed by atoms with van der Waals surface area (Å²) in [5.74, 6) is 0.871. The van der Waals surface area contributed by atoms with Crippen LogP contribution in [0.3, 0.4) is 0 Å². The zero-order valence-electron chi connectivity index (χ0n) is 10.1. The fraction of sp³-hybridized carbons (Fsp3) is 0.846. The average molecular weight is 230 g/mol. The van der Waals surface area contributed by atoms with Gasteiger partial charge in [0, 0.05) is 18.1 Å². The molecule has 0 aliphatic heterocycles. The fourth-order valence-electron chi connectivity index (χ4n) is 2.34. The number of hydrogen-bond donors (Lipinski definition) is 1. The Hall–Kier alpha value is -0.0100. The minimum atomic E-state index is 0.634. The highest BCUT2D eigenvalue weighted by Gasteiger charge is 2.18. The topological polar surface area (TPSA) is 12.0 Å². The summed E-state index contributed by atoms with van der Waals surface area (Å²) >= 11 is 5.65. The number of rotatable bonds is 4. The minimum Gasteiger partial charge on any atom is -0.310 e. The molecule has 1 N–H and O–H groups in total. The summed E-state index contributed by atoms with van der Waals surface area (Å²) in [6, 6.07) is 0.634. The number of halogens is 1. The maximum Gasteiger partial charge on any atom is 0.0176 e. The van der Waals surface area contributed by atoms with Crippen LogP contribution in [0.1, 0.15) is 52.4 Å². The van der Waals surface area contributed by atoms with Crippen LogP contribution in [0.2, 0.25) is 0 Å². The van der Waals surface area contributed by atoms with E-state index < -0.39 is 0 Å². The molecule has 1 fully saturated rings. The van der Waals surface area contributed by atoms with Gasteiger partial charge in [0.05, 0.1) is 0 Å². The van der Waals surface area contributed by atoms with Gasteiger partial charge in [0.1, 0.15) is 0 Å². The van der Waals surface area contributed by atoms with Gasteiger partial charge < -0.3 is 5.32 Å². The van der Waals surface area contributed by atoms with Gasteiger partial charge in [-0.25, -0.2) is 0 Å². The number of nitrogens with one attached hydrogen (secondary N) is 1. The molecule has 0 bridgehead atoms. The molecule has 0 saturated heterocycles. The predicted molar refractivity (Wildman–Crippen MR) is 68.3 cm³/mol. The molecule has 88 valence electrons. The molecule has 15 heavy (non-hydrogen) atoms. The van der Waals surface area contributed by atoms with E-state index in [9.17, 15) is 0 Å². The van der Waals surface area contributed by atoms with E-state index >= 15 is 0 Å². The Morgan fingerprint density at radius 2 is 1.93 bits per heavy atom. The lowest BCUT2D eigenvalue weighted by Gasteiger charge is -2.23. The van der Waals surface area contributed by atoms with Crippen LogP contribution in [-0.2, 0) is 0 Å². The first-order valence-corrected chi connectivity index (χ1v) is 6.67. The molecule has 1 saturated carbocycles. The largest absolute Gasteiger partial charge is 0.310 e. The Labute approximate surface area is 99.3 Å². The van der Waals surface area contributed by atoms with Gasteiger partial charge in [-0.3, -0.25) is 0 Å². The average Bonchev–Trinajstić information content (AvgIpc) is 2.53. The van der Waals surface area contributed by atoms with Gasteiger partial charge in [-0.05, 0) is 38.2 Å². The zero-order valence-corrected chi connectivity index (χ0v) is 10.8. The number of hydrogen-bond acceptors (Lipinski definition) is 1. The highest BCUT2D eigenvalue weighted by molar-refractivity contribution is 6.25. The molecule has 0 aromatic carbocycles. The third kappa shape index (κ3) is 5.03. The van der Waals surface area contributed by atoms with Crippen LogP contribution < -0.4 is 5.32 Å². The molecule has 2 heteroatoms. The van der Waals surface area contributed by atoms with Crippen LogP contribution in [0.15, 0.2) is 11.1 Å². The van der Waals surface area contributed by atoms with Crippen molar-refractivity contribution in [1.82, 2.24) is 5.32 Å². The van der Waals surface area contributed by atoms with E-state index in [1.807, 2.05) is 0 Å². The third-order valence-electron chi connectivity index (χ3n) is 3.50. The van der Waals surface area contributed by atoms with Crippen molar-refractivity contribution in [3.63, 3.8) is 0 Å². The van der Waals surface area contributed by atoms with Gasteiger partial charge in [0.2, 0.25) is 0 Å². The minimum absolute atomic E-state index is 0.634. The molecule has 0 amide bonds. The van der Waals surface area contributed by atoms with E-state index in [1.54, 1.807) is 5.54 Å². The lowest BCUT2D eigenvalue weighted by molar-refractivity contribution is 0.345. The molecule has 1 aliphatic rings. The second-order valence-electron chi connectivity index (χ2n) is 4.88. The van der Waals surface area contributed by atoms with Gasteiger partial charge in [0.25, 0.3) is 0 Å². The van der Waals surface area contributed by atoms with Crippen LogP contribution in [-0.4, -0.2) is 12.6 Å². The van der Waals surface area contributed by atoms with Crippen molar-refractivity contribution in [2.75, 3.05) is 6.54 Å². The Balaban J connectivity index is 2.28. The first kappa shape index (κ1) is 13.1. The quantitative estimate of drug-likeness (QED) is 0.717. The van der Waals surface area contributed by atoms with E-state index in [0.29, 0.717) is 6.04 Å². The van der Waals surface area contributed by atoms with Gasteiger partial charge in [0.15, 0.2) is 0 Å². The normalized spacial score (nSPS) is 22.5. The summed E-state index contributed by atoms with van der Waals surface area (Å²) in [6.45, 7) is 5.32. The molecule has 0 radical (unpaired) electrons. The van der Waals surface area contributed by atoms with Crippen molar-refractivity contribution in [3.05, 3.63) is 11.1 Å². The van der Waals surface area contributed by atoms with Crippen molar-refractivity contribution < 1.29 is 0 Å². The monoisotopic (exact) mass is 229 g/mol. The Morgan fingerprint density at radius 1 is 1.33 bits per heavy atom. The van der Waals surface area contributed by atoms with Gasteiger partial charge in [-0.15, -0.1) is 0 Å². The van der Waals surface area contributed by atoms with E-state index in [2.05, 4.69) is 19.2 Å². The van der Waals surface area contributed by atoms with E-state index in [4.69, 9.17) is 11.6 Å². The summed E-state index contributed by atoms with van der Waals surface area (Å²) in [6.07, 6.45) is 8.51. The summed E-state index contributed by atoms with van der Waals surface area (Å²) in [4.78, 5) is 0. The standard InChI is InChI=1S/C13H24ClN/c1-11(9-14)10-15-12(2)13-7-5-3-4-6-8-13/h9,12-13,15H,3-8,10H2,1-2H3/t12-/m0/s1. The molecule has 0 heterocycles. The van der Waals surface area contributed by atoms with Crippen molar-refractivity contribution in [2.24, 2.45) is 5.92 Å². The molecule has 1 atom stereocenters. The first-order chi connectivity index (χ1) is 7.24. The van der Waals surface area contributed by atoms with Crippen molar-refractivity contribution in [2.45, 2.75) is 58.4 Å². The first-order valence-electron chi connectivity index (χ1n) is 6.23. The molecular formula is C13H24ClN. The molecule has 1 nitrogen and oxygen atoms in total. The van der Waals surface area contributed by atoms with Crippen LogP contribution in [0.4, 0.5) is 0 Å². The Morgan fingerprint density at radius 3 is 2.47 bits per heavy atom. The lowest BCUT2D eigenvalue weighted by Crippen LogP contribution is -2.34. The molecule has 0 aromatic rings. The molecule has 0 unspecified atom stereocenters. The van der Waals surface area contributed by atoms with E-state index in [0.717, 1.165) is 12.5 Å². The van der Waals surface area contributed by atoms with Gasteiger partial charge in [-0.2, -0.15) is 0 Å². The van der Waals surface area contributed by atoms with E-state index in [-0.39, 0.29) is 0 Å². The molecular weight excluding hydrogens is 206 g/mol. The zero-order chi connectivity index (χ0) is 11.1. The van der Waals surface area contributed by atoms with Crippen LogP contribution >= 0.6 is 11.6 Å². The van der Waals surface area contributed by atoms with Crippen molar-refractivity contribution in [3.8, 4) is 0 Å². The van der Waals surface area contributed by atoms with Crippen LogP contribution in [0, 0.1) is 5.92 Å². The van der Waals surface area contributed by atoms with Crippen LogP contribution in [0.25, 0.3) is 0 Å². The second kappa shape index (κ2) is 7.29. The molecule has 0 aromatic heterocycles. The molecule has 1 rings (SSSR count). The highest BCUT2D eigenvalue weighted by Crippen LogP contribution is 2.25. The smallest absolute Gasteiger partial charge is 0.0176 e. The molecule has 1 aliphatic carbocycles. The van der Waals surface area contributed by atoms with Crippen LogP contribution in [0.5, 0.6) is 0 Å². The SMILES string of the molecule is CC(=CCl)CN[C@@H](C)C1CCCCCC1. The summed E-state index contributed by atoms with van der Waals surface area (Å²) in [5, 5.41) is 3.58. The predicted octanol–water partition coefficient (Wildman–Crippen LogP) is 4.08. The maximum atomic E-state index is 5.65. The highest BCUT2D eigenvalue weighted by atomic mass is 35.5. The third-order valence-corrected chi connectivity index (χ3v) is 3.87. The Bertz CT molecular complexity index is 193. The van der Waals surface area contributed by atoms with Crippen molar-refractivity contribution >= 4 is 11.6 Å². The summed E-state index contributed by atoms with van der Waals surface area (Å²) in [7, 11) is 0. The fourth-order valence-corrected chi connectivity index (χ4v) is 2.42. The lowest BCUT2D eigenvalue weighted by atomic mass is 9.93.